The van der Waals surface area contributed by atoms with Gasteiger partial charge < -0.3 is 10.6 Å². The molecule has 0 aliphatic rings. The van der Waals surface area contributed by atoms with Crippen LogP contribution in [0.2, 0.25) is 0 Å². The van der Waals surface area contributed by atoms with Gasteiger partial charge in [0.25, 0.3) is 0 Å². The van der Waals surface area contributed by atoms with E-state index >= 15 is 0 Å². The Balaban J connectivity index is 1.99. The summed E-state index contributed by atoms with van der Waals surface area (Å²) in [5.74, 6) is 5.21. The summed E-state index contributed by atoms with van der Waals surface area (Å²) in [5.41, 5.74) is 2.41. The molecule has 0 aliphatic carbocycles. The van der Waals surface area contributed by atoms with Gasteiger partial charge in [-0.1, -0.05) is 26.0 Å². The number of benzene rings is 1. The van der Waals surface area contributed by atoms with Crippen molar-refractivity contribution in [2.24, 2.45) is 15.9 Å². The van der Waals surface area contributed by atoms with E-state index in [9.17, 15) is 4.39 Å². The maximum absolute atomic E-state index is 12.7. The van der Waals surface area contributed by atoms with Crippen molar-refractivity contribution in [2.45, 2.75) is 19.8 Å². The molecular formula is C16H18FN5O. The van der Waals surface area contributed by atoms with Gasteiger partial charge in [0, 0.05) is 0 Å². The first-order valence-electron chi connectivity index (χ1n) is 7.09. The fraction of sp³-hybridized carbons (Fsp3) is 0.250. The van der Waals surface area contributed by atoms with Gasteiger partial charge in [-0.15, -0.1) is 0 Å². The van der Waals surface area contributed by atoms with Crippen LogP contribution < -0.4 is 10.6 Å². The number of hydrogen-bond acceptors (Lipinski definition) is 6. The molecule has 0 spiro atoms. The molecular weight excluding hydrogens is 297 g/mol. The van der Waals surface area contributed by atoms with Crippen LogP contribution in [0.3, 0.4) is 0 Å². The zero-order chi connectivity index (χ0) is 16.7. The molecule has 0 fully saturated rings. The van der Waals surface area contributed by atoms with Crippen LogP contribution in [-0.2, 0) is 0 Å². The van der Waals surface area contributed by atoms with E-state index < -0.39 is 5.82 Å². The van der Waals surface area contributed by atoms with Gasteiger partial charge in [0.2, 0.25) is 0 Å². The largest absolute Gasteiger partial charge is 0.457 e. The first kappa shape index (κ1) is 16.5. The molecule has 2 N–H and O–H groups in total. The Kier molecular flexibility index (Phi) is 5.74. The average Bonchev–Trinajstić information content (AvgIpc) is 2.57. The van der Waals surface area contributed by atoms with Crippen molar-refractivity contribution < 1.29 is 9.13 Å². The summed E-state index contributed by atoms with van der Waals surface area (Å²) in [5, 5.41) is 3.61. The standard InChI is InChI=1S/C16H18FN5O/c1-11(2)12-4-3-5-14(6-12)19-9-15(22-18)10-23-16-20-7-13(17)8-21-16/h3-9,11H,10,18H2,1-2H3. The van der Waals surface area contributed by atoms with Crippen LogP contribution in [-0.4, -0.2) is 28.5 Å². The van der Waals surface area contributed by atoms with E-state index in [-0.39, 0.29) is 12.6 Å². The van der Waals surface area contributed by atoms with Gasteiger partial charge in [0.15, 0.2) is 5.82 Å². The first-order chi connectivity index (χ1) is 11.1. The van der Waals surface area contributed by atoms with E-state index in [1.807, 2.05) is 18.2 Å². The Morgan fingerprint density at radius 3 is 2.74 bits per heavy atom. The van der Waals surface area contributed by atoms with Crippen LogP contribution in [0.1, 0.15) is 25.3 Å². The summed E-state index contributed by atoms with van der Waals surface area (Å²) in [6.07, 6.45) is 3.56. The molecule has 2 aromatic rings. The minimum absolute atomic E-state index is 0.0372. The molecule has 0 aliphatic heterocycles. The third kappa shape index (κ3) is 5.14. The molecule has 0 saturated carbocycles. The van der Waals surface area contributed by atoms with Gasteiger partial charge >= 0.3 is 6.01 Å². The smallest absolute Gasteiger partial charge is 0.316 e. The lowest BCUT2D eigenvalue weighted by Crippen LogP contribution is -2.16. The summed E-state index contributed by atoms with van der Waals surface area (Å²) in [6.45, 7) is 4.27. The number of aliphatic imine (C=N–C) groups is 1. The Bertz CT molecular complexity index is 698. The molecule has 0 bridgehead atoms. The lowest BCUT2D eigenvalue weighted by Gasteiger charge is -2.05. The molecule has 0 unspecified atom stereocenters. The van der Waals surface area contributed by atoms with Crippen LogP contribution in [0, 0.1) is 5.82 Å². The molecule has 0 radical (unpaired) electrons. The number of nitrogens with zero attached hydrogens (tertiary/aromatic N) is 4. The van der Waals surface area contributed by atoms with Crippen molar-refractivity contribution in [3.8, 4) is 6.01 Å². The van der Waals surface area contributed by atoms with Crippen molar-refractivity contribution >= 4 is 17.6 Å². The van der Waals surface area contributed by atoms with Gasteiger partial charge in [0.05, 0.1) is 24.3 Å². The Morgan fingerprint density at radius 2 is 2.09 bits per heavy atom. The minimum atomic E-state index is -0.531. The molecule has 6 nitrogen and oxygen atoms in total. The topological polar surface area (TPSA) is 85.8 Å². The number of halogens is 1. The highest BCUT2D eigenvalue weighted by atomic mass is 19.1. The van der Waals surface area contributed by atoms with Crippen molar-refractivity contribution in [1.82, 2.24) is 9.97 Å². The number of hydrazone groups is 1. The third-order valence-electron chi connectivity index (χ3n) is 3.01. The minimum Gasteiger partial charge on any atom is -0.457 e. The second kappa shape index (κ2) is 7.98. The number of nitrogens with two attached hydrogens (primary N) is 1. The van der Waals surface area contributed by atoms with Crippen LogP contribution >= 0.6 is 0 Å². The van der Waals surface area contributed by atoms with Crippen LogP contribution in [0.5, 0.6) is 6.01 Å². The van der Waals surface area contributed by atoms with E-state index in [2.05, 4.69) is 40.0 Å². The number of rotatable bonds is 6. The van der Waals surface area contributed by atoms with E-state index in [0.29, 0.717) is 11.6 Å². The van der Waals surface area contributed by atoms with Crippen molar-refractivity contribution in [2.75, 3.05) is 6.61 Å². The molecule has 120 valence electrons. The summed E-state index contributed by atoms with van der Waals surface area (Å²) >= 11 is 0. The van der Waals surface area contributed by atoms with E-state index in [0.717, 1.165) is 18.1 Å². The second-order valence-electron chi connectivity index (χ2n) is 5.10. The van der Waals surface area contributed by atoms with Crippen LogP contribution in [0.15, 0.2) is 46.8 Å². The number of hydrogen-bond donors (Lipinski definition) is 1. The van der Waals surface area contributed by atoms with Crippen LogP contribution in [0.25, 0.3) is 0 Å². The lowest BCUT2D eigenvalue weighted by molar-refractivity contribution is 0.344. The van der Waals surface area contributed by atoms with E-state index in [4.69, 9.17) is 10.6 Å². The van der Waals surface area contributed by atoms with Gasteiger partial charge in [-0.05, 0) is 23.6 Å². The highest BCUT2D eigenvalue weighted by Crippen LogP contribution is 2.20. The molecule has 1 aromatic carbocycles. The van der Waals surface area contributed by atoms with Crippen molar-refractivity contribution in [3.05, 3.63) is 48.0 Å². The van der Waals surface area contributed by atoms with Crippen molar-refractivity contribution in [3.63, 3.8) is 0 Å². The highest BCUT2D eigenvalue weighted by molar-refractivity contribution is 6.31. The maximum Gasteiger partial charge on any atom is 0.316 e. The van der Waals surface area contributed by atoms with E-state index in [1.165, 1.54) is 11.8 Å². The molecule has 23 heavy (non-hydrogen) atoms. The Labute approximate surface area is 133 Å². The lowest BCUT2D eigenvalue weighted by atomic mass is 10.0. The van der Waals surface area contributed by atoms with Gasteiger partial charge in [0.1, 0.15) is 12.3 Å². The Hall–Kier alpha value is -2.83. The van der Waals surface area contributed by atoms with Gasteiger partial charge in [-0.3, -0.25) is 4.99 Å². The number of ether oxygens (including phenoxy) is 1. The molecule has 7 heteroatoms. The molecule has 1 aromatic heterocycles. The number of aromatic nitrogens is 2. The molecule has 2 rings (SSSR count). The van der Waals surface area contributed by atoms with Gasteiger partial charge in [-0.2, -0.15) is 5.10 Å². The van der Waals surface area contributed by atoms with Gasteiger partial charge in [-0.25, -0.2) is 14.4 Å². The fourth-order valence-electron chi connectivity index (χ4n) is 1.73. The molecule has 1 heterocycles. The summed E-state index contributed by atoms with van der Waals surface area (Å²) in [7, 11) is 0. The Morgan fingerprint density at radius 1 is 1.35 bits per heavy atom. The quantitative estimate of drug-likeness (QED) is 0.504. The van der Waals surface area contributed by atoms with Crippen LogP contribution in [0.4, 0.5) is 10.1 Å². The highest BCUT2D eigenvalue weighted by Gasteiger charge is 2.03. The third-order valence-corrected chi connectivity index (χ3v) is 3.01. The summed E-state index contributed by atoms with van der Waals surface area (Å²) in [4.78, 5) is 11.7. The SMILES string of the molecule is CC(C)c1cccc(N=CC(COc2ncc(F)cn2)=NN)c1. The summed E-state index contributed by atoms with van der Waals surface area (Å²) < 4.78 is 18.0. The van der Waals surface area contributed by atoms with Crippen molar-refractivity contribution in [1.29, 1.82) is 0 Å². The monoisotopic (exact) mass is 315 g/mol. The average molecular weight is 315 g/mol. The zero-order valence-corrected chi connectivity index (χ0v) is 13.0. The second-order valence-corrected chi connectivity index (χ2v) is 5.10. The predicted molar refractivity (Wildman–Crippen MR) is 87.8 cm³/mol. The fourth-order valence-corrected chi connectivity index (χ4v) is 1.73. The maximum atomic E-state index is 12.7. The molecule has 0 amide bonds. The molecule has 0 atom stereocenters. The summed E-state index contributed by atoms with van der Waals surface area (Å²) in [6, 6.07) is 7.93. The zero-order valence-electron chi connectivity index (χ0n) is 13.0. The van der Waals surface area contributed by atoms with E-state index in [1.54, 1.807) is 0 Å². The molecule has 0 saturated heterocycles. The predicted octanol–water partition coefficient (Wildman–Crippen LogP) is 2.84. The first-order valence-corrected chi connectivity index (χ1v) is 7.09. The normalized spacial score (nSPS) is 12.1.